The first kappa shape index (κ1) is 13.2. The molecule has 0 bridgehead atoms. The molecule has 6 nitrogen and oxygen atoms in total. The lowest BCUT2D eigenvalue weighted by molar-refractivity contribution is 0.432. The number of rotatable bonds is 2. The van der Waals surface area contributed by atoms with E-state index in [1.807, 2.05) is 32.9 Å². The van der Waals surface area contributed by atoms with E-state index in [0.717, 1.165) is 16.7 Å². The standard InChI is InChI=1S/C15H15N5O/c1-8-6-9(2)13(16)11(7-8)15-19-14(20-21-15)12-4-5-17-10(3)18-12/h4-7H,16H2,1-3H3. The van der Waals surface area contributed by atoms with Gasteiger partial charge in [-0.2, -0.15) is 4.98 Å². The molecule has 6 heteroatoms. The maximum Gasteiger partial charge on any atom is 0.260 e. The molecule has 2 aromatic heterocycles. The van der Waals surface area contributed by atoms with Crippen molar-refractivity contribution in [1.82, 2.24) is 20.1 Å². The van der Waals surface area contributed by atoms with Gasteiger partial charge in [-0.3, -0.25) is 0 Å². The van der Waals surface area contributed by atoms with Crippen molar-refractivity contribution in [1.29, 1.82) is 0 Å². The highest BCUT2D eigenvalue weighted by Crippen LogP contribution is 2.29. The van der Waals surface area contributed by atoms with E-state index in [-0.39, 0.29) is 0 Å². The van der Waals surface area contributed by atoms with Crippen LogP contribution in [0.4, 0.5) is 5.69 Å². The molecule has 2 heterocycles. The smallest absolute Gasteiger partial charge is 0.260 e. The molecule has 3 aromatic rings. The van der Waals surface area contributed by atoms with Gasteiger partial charge in [-0.25, -0.2) is 9.97 Å². The number of aryl methyl sites for hydroxylation is 3. The zero-order valence-electron chi connectivity index (χ0n) is 12.1. The summed E-state index contributed by atoms with van der Waals surface area (Å²) in [6.07, 6.45) is 1.67. The van der Waals surface area contributed by atoms with Gasteiger partial charge in [0.1, 0.15) is 11.5 Å². The number of hydrogen-bond acceptors (Lipinski definition) is 6. The lowest BCUT2D eigenvalue weighted by Crippen LogP contribution is -1.95. The van der Waals surface area contributed by atoms with Crippen molar-refractivity contribution in [2.75, 3.05) is 5.73 Å². The first-order valence-corrected chi connectivity index (χ1v) is 6.55. The van der Waals surface area contributed by atoms with Crippen LogP contribution in [0.3, 0.4) is 0 Å². The van der Waals surface area contributed by atoms with Gasteiger partial charge in [0.25, 0.3) is 5.89 Å². The number of nitrogen functional groups attached to an aromatic ring is 1. The fourth-order valence-electron chi connectivity index (χ4n) is 2.17. The highest BCUT2D eigenvalue weighted by molar-refractivity contribution is 5.74. The predicted octanol–water partition coefficient (Wildman–Crippen LogP) is 2.70. The topological polar surface area (TPSA) is 90.7 Å². The van der Waals surface area contributed by atoms with Crippen LogP contribution >= 0.6 is 0 Å². The van der Waals surface area contributed by atoms with E-state index in [0.29, 0.717) is 28.9 Å². The lowest BCUT2D eigenvalue weighted by atomic mass is 10.0. The molecular weight excluding hydrogens is 266 g/mol. The maximum absolute atomic E-state index is 6.10. The predicted molar refractivity (Wildman–Crippen MR) is 79.4 cm³/mol. The normalized spacial score (nSPS) is 10.8. The number of anilines is 1. The highest BCUT2D eigenvalue weighted by atomic mass is 16.5. The van der Waals surface area contributed by atoms with Gasteiger partial charge in [0.2, 0.25) is 5.82 Å². The molecule has 0 aliphatic rings. The number of nitrogens with zero attached hydrogens (tertiary/aromatic N) is 4. The van der Waals surface area contributed by atoms with E-state index in [1.54, 1.807) is 12.3 Å². The van der Waals surface area contributed by atoms with Gasteiger partial charge in [0.05, 0.1) is 5.56 Å². The van der Waals surface area contributed by atoms with Crippen molar-refractivity contribution in [3.05, 3.63) is 41.3 Å². The summed E-state index contributed by atoms with van der Waals surface area (Å²) in [5.41, 5.74) is 10.2. The van der Waals surface area contributed by atoms with Gasteiger partial charge < -0.3 is 10.3 Å². The summed E-state index contributed by atoms with van der Waals surface area (Å²) in [4.78, 5) is 12.7. The third-order valence-corrected chi connectivity index (χ3v) is 3.19. The van der Waals surface area contributed by atoms with Gasteiger partial charge in [-0.05, 0) is 44.0 Å². The zero-order chi connectivity index (χ0) is 15.0. The summed E-state index contributed by atoms with van der Waals surface area (Å²) in [5, 5.41) is 3.97. The summed E-state index contributed by atoms with van der Waals surface area (Å²) in [6.45, 7) is 5.77. The second kappa shape index (κ2) is 4.97. The third-order valence-electron chi connectivity index (χ3n) is 3.19. The molecular formula is C15H15N5O. The van der Waals surface area contributed by atoms with Crippen LogP contribution in [0.5, 0.6) is 0 Å². The Labute approximate surface area is 122 Å². The number of aromatic nitrogens is 4. The number of hydrogen-bond donors (Lipinski definition) is 1. The molecule has 0 aliphatic carbocycles. The van der Waals surface area contributed by atoms with Crippen molar-refractivity contribution >= 4 is 5.69 Å². The Bertz CT molecular complexity index is 810. The molecule has 0 unspecified atom stereocenters. The molecule has 0 radical (unpaired) electrons. The third kappa shape index (κ3) is 2.47. The van der Waals surface area contributed by atoms with Crippen LogP contribution in [0.1, 0.15) is 17.0 Å². The first-order valence-electron chi connectivity index (χ1n) is 6.55. The Morgan fingerprint density at radius 2 is 1.90 bits per heavy atom. The minimum absolute atomic E-state index is 0.394. The minimum Gasteiger partial charge on any atom is -0.398 e. The number of benzene rings is 1. The molecule has 1 aromatic carbocycles. The van der Waals surface area contributed by atoms with Crippen molar-refractivity contribution < 1.29 is 4.52 Å². The zero-order valence-corrected chi connectivity index (χ0v) is 12.1. The molecule has 3 rings (SSSR count). The second-order valence-corrected chi connectivity index (χ2v) is 4.96. The fraction of sp³-hybridized carbons (Fsp3) is 0.200. The Kier molecular flexibility index (Phi) is 3.13. The average molecular weight is 281 g/mol. The van der Waals surface area contributed by atoms with Gasteiger partial charge in [0.15, 0.2) is 0 Å². The van der Waals surface area contributed by atoms with Gasteiger partial charge >= 0.3 is 0 Å². The Morgan fingerprint density at radius 1 is 1.10 bits per heavy atom. The quantitative estimate of drug-likeness (QED) is 0.726. The van der Waals surface area contributed by atoms with Gasteiger partial charge in [-0.15, -0.1) is 0 Å². The lowest BCUT2D eigenvalue weighted by Gasteiger charge is -2.06. The second-order valence-electron chi connectivity index (χ2n) is 4.96. The Balaban J connectivity index is 2.07. The molecule has 106 valence electrons. The molecule has 0 saturated carbocycles. The van der Waals surface area contributed by atoms with Crippen LogP contribution < -0.4 is 5.73 Å². The van der Waals surface area contributed by atoms with Crippen LogP contribution in [-0.2, 0) is 0 Å². The van der Waals surface area contributed by atoms with Crippen LogP contribution in [0.2, 0.25) is 0 Å². The van der Waals surface area contributed by atoms with Gasteiger partial charge in [-0.1, -0.05) is 11.2 Å². The van der Waals surface area contributed by atoms with E-state index in [4.69, 9.17) is 10.3 Å². The molecule has 2 N–H and O–H groups in total. The Hall–Kier alpha value is -2.76. The maximum atomic E-state index is 6.10. The van der Waals surface area contributed by atoms with Crippen molar-refractivity contribution in [2.45, 2.75) is 20.8 Å². The van der Waals surface area contributed by atoms with Crippen molar-refractivity contribution in [2.24, 2.45) is 0 Å². The highest BCUT2D eigenvalue weighted by Gasteiger charge is 2.15. The summed E-state index contributed by atoms with van der Waals surface area (Å²) < 4.78 is 5.33. The fourth-order valence-corrected chi connectivity index (χ4v) is 2.17. The molecule has 0 fully saturated rings. The SMILES string of the molecule is Cc1cc(C)c(N)c(-c2nc(-c3ccnc(C)n3)no2)c1. The van der Waals surface area contributed by atoms with Gasteiger partial charge in [0, 0.05) is 11.9 Å². The average Bonchev–Trinajstić information content (AvgIpc) is 2.92. The molecule has 0 spiro atoms. The summed E-state index contributed by atoms with van der Waals surface area (Å²) in [7, 11) is 0. The van der Waals surface area contributed by atoms with Crippen molar-refractivity contribution in [3.8, 4) is 23.0 Å². The molecule has 0 atom stereocenters. The summed E-state index contributed by atoms with van der Waals surface area (Å²) in [6, 6.07) is 5.70. The van der Waals surface area contributed by atoms with E-state index in [9.17, 15) is 0 Å². The van der Waals surface area contributed by atoms with E-state index in [2.05, 4.69) is 20.1 Å². The van der Waals surface area contributed by atoms with E-state index in [1.165, 1.54) is 0 Å². The molecule has 0 aliphatic heterocycles. The summed E-state index contributed by atoms with van der Waals surface area (Å²) >= 11 is 0. The van der Waals surface area contributed by atoms with E-state index >= 15 is 0 Å². The molecule has 0 saturated heterocycles. The first-order chi connectivity index (χ1) is 10.0. The number of nitrogens with two attached hydrogens (primary N) is 1. The Morgan fingerprint density at radius 3 is 2.67 bits per heavy atom. The van der Waals surface area contributed by atoms with Crippen molar-refractivity contribution in [3.63, 3.8) is 0 Å². The monoisotopic (exact) mass is 281 g/mol. The van der Waals surface area contributed by atoms with Crippen LogP contribution in [0.15, 0.2) is 28.9 Å². The molecule has 0 amide bonds. The summed E-state index contributed by atoms with van der Waals surface area (Å²) in [5.74, 6) is 1.48. The largest absolute Gasteiger partial charge is 0.398 e. The minimum atomic E-state index is 0.394. The van der Waals surface area contributed by atoms with Crippen LogP contribution in [-0.4, -0.2) is 20.1 Å². The van der Waals surface area contributed by atoms with Crippen LogP contribution in [0, 0.1) is 20.8 Å². The van der Waals surface area contributed by atoms with Crippen LogP contribution in [0.25, 0.3) is 23.0 Å². The molecule has 21 heavy (non-hydrogen) atoms. The van der Waals surface area contributed by atoms with E-state index < -0.39 is 0 Å².